The topological polar surface area (TPSA) is 72.6 Å². The number of methoxy groups -OCH3 is 1. The van der Waals surface area contributed by atoms with Crippen molar-refractivity contribution >= 4 is 37.7 Å². The van der Waals surface area contributed by atoms with Crippen LogP contribution in [0.15, 0.2) is 62.5 Å². The second kappa shape index (κ2) is 8.14. The van der Waals surface area contributed by atoms with Gasteiger partial charge < -0.3 is 9.15 Å². The number of aryl methyl sites for hydroxylation is 1. The van der Waals surface area contributed by atoms with Gasteiger partial charge in [-0.15, -0.1) is 11.8 Å². The molecule has 9 heteroatoms. The lowest BCUT2D eigenvalue weighted by Gasteiger charge is -2.25. The lowest BCUT2D eigenvalue weighted by Crippen LogP contribution is -2.30. The summed E-state index contributed by atoms with van der Waals surface area (Å²) in [5, 5.41) is -0.342. The fraction of sp³-hybridized carbons (Fsp3) is 0.250. The zero-order chi connectivity index (χ0) is 20.6. The van der Waals surface area contributed by atoms with E-state index >= 15 is 0 Å². The first-order valence-electron chi connectivity index (χ1n) is 8.89. The minimum Gasteiger partial charge on any atom is -0.496 e. The molecule has 29 heavy (non-hydrogen) atoms. The Morgan fingerprint density at radius 1 is 1.24 bits per heavy atom. The molecule has 0 bridgehead atoms. The molecule has 0 amide bonds. The van der Waals surface area contributed by atoms with Crippen LogP contribution in [0.5, 0.6) is 5.75 Å². The molecule has 152 valence electrons. The number of hydrogen-bond donors (Lipinski definition) is 0. The Hall–Kier alpha value is -1.81. The number of benzene rings is 2. The predicted molar refractivity (Wildman–Crippen MR) is 116 cm³/mol. The van der Waals surface area contributed by atoms with Gasteiger partial charge in [-0.2, -0.15) is 4.31 Å². The second-order valence-corrected chi connectivity index (χ2v) is 10.5. The minimum atomic E-state index is -3.67. The van der Waals surface area contributed by atoms with Gasteiger partial charge in [-0.05, 0) is 30.3 Å². The monoisotopic (exact) mass is 494 g/mol. The minimum absolute atomic E-state index is 0.253. The van der Waals surface area contributed by atoms with Crippen LogP contribution in [-0.4, -0.2) is 37.1 Å². The Bertz CT molecular complexity index is 1130. The predicted octanol–water partition coefficient (Wildman–Crippen LogP) is 4.86. The number of thioether (sulfide) groups is 1. The maximum atomic E-state index is 13.4. The van der Waals surface area contributed by atoms with E-state index in [4.69, 9.17) is 9.15 Å². The van der Waals surface area contributed by atoms with Crippen molar-refractivity contribution in [3.05, 3.63) is 64.7 Å². The molecule has 1 aliphatic rings. The summed E-state index contributed by atoms with van der Waals surface area (Å²) in [6.07, 6.45) is 1.56. The van der Waals surface area contributed by atoms with Crippen molar-refractivity contribution in [3.8, 4) is 17.0 Å². The Labute approximate surface area is 182 Å². The summed E-state index contributed by atoms with van der Waals surface area (Å²) in [5.41, 5.74) is 2.32. The van der Waals surface area contributed by atoms with Crippen LogP contribution in [0, 0.1) is 6.92 Å². The highest BCUT2D eigenvalue weighted by molar-refractivity contribution is 9.10. The fourth-order valence-electron chi connectivity index (χ4n) is 3.27. The van der Waals surface area contributed by atoms with Crippen molar-refractivity contribution in [1.29, 1.82) is 0 Å². The Balaban J connectivity index is 1.67. The first-order valence-corrected chi connectivity index (χ1v) is 12.2. The summed E-state index contributed by atoms with van der Waals surface area (Å²) < 4.78 is 39.9. The van der Waals surface area contributed by atoms with Crippen LogP contribution in [0.4, 0.5) is 0 Å². The average molecular weight is 495 g/mol. The molecule has 4 rings (SSSR count). The van der Waals surface area contributed by atoms with E-state index in [1.165, 1.54) is 4.31 Å². The molecular formula is C20H19BrN2O4S2. The lowest BCUT2D eigenvalue weighted by molar-refractivity contribution is 0.390. The van der Waals surface area contributed by atoms with Gasteiger partial charge in [0, 0.05) is 34.8 Å². The summed E-state index contributed by atoms with van der Waals surface area (Å²) in [5.74, 6) is 1.96. The number of hydrogen-bond acceptors (Lipinski definition) is 6. The van der Waals surface area contributed by atoms with Crippen LogP contribution < -0.4 is 4.74 Å². The van der Waals surface area contributed by atoms with Gasteiger partial charge >= 0.3 is 0 Å². The third kappa shape index (κ3) is 3.96. The quantitative estimate of drug-likeness (QED) is 0.504. The summed E-state index contributed by atoms with van der Waals surface area (Å²) in [6.45, 7) is 2.21. The SMILES string of the molecule is COc1ccc(Br)cc1C1SCCN1S(=O)(=O)c1ccc(-c2coc(C)n2)cc1. The molecule has 2 aromatic carbocycles. The van der Waals surface area contributed by atoms with Crippen molar-refractivity contribution < 1.29 is 17.6 Å². The Morgan fingerprint density at radius 3 is 2.66 bits per heavy atom. The van der Waals surface area contributed by atoms with Gasteiger partial charge in [0.1, 0.15) is 17.7 Å². The number of sulfonamides is 1. The number of halogens is 1. The number of oxazole rings is 1. The van der Waals surface area contributed by atoms with Crippen LogP contribution >= 0.6 is 27.7 Å². The molecule has 0 saturated carbocycles. The van der Waals surface area contributed by atoms with Gasteiger partial charge in [0.05, 0.1) is 17.4 Å². The maximum Gasteiger partial charge on any atom is 0.244 e. The fourth-order valence-corrected chi connectivity index (χ4v) is 6.90. The Kier molecular flexibility index (Phi) is 5.74. The van der Waals surface area contributed by atoms with Crippen molar-refractivity contribution in [3.63, 3.8) is 0 Å². The molecule has 1 unspecified atom stereocenters. The van der Waals surface area contributed by atoms with Crippen LogP contribution in [-0.2, 0) is 10.0 Å². The number of aromatic nitrogens is 1. The molecule has 6 nitrogen and oxygen atoms in total. The van der Waals surface area contributed by atoms with Gasteiger partial charge in [0.2, 0.25) is 10.0 Å². The lowest BCUT2D eigenvalue weighted by atomic mass is 10.2. The molecule has 1 aromatic heterocycles. The first-order chi connectivity index (χ1) is 13.9. The summed E-state index contributed by atoms with van der Waals surface area (Å²) >= 11 is 5.06. The van der Waals surface area contributed by atoms with E-state index in [1.807, 2.05) is 18.2 Å². The van der Waals surface area contributed by atoms with Gasteiger partial charge in [-0.3, -0.25) is 0 Å². The molecule has 1 saturated heterocycles. The van der Waals surface area contributed by atoms with Crippen molar-refractivity contribution in [2.75, 3.05) is 19.4 Å². The number of rotatable bonds is 5. The summed E-state index contributed by atoms with van der Waals surface area (Å²) in [7, 11) is -2.08. The standard InChI is InChI=1S/C20H19BrN2O4S2/c1-13-22-18(12-27-13)14-3-6-16(7-4-14)29(24,25)23-9-10-28-20(23)17-11-15(21)5-8-19(17)26-2/h3-8,11-12,20H,9-10H2,1-2H3. The maximum absolute atomic E-state index is 13.4. The van der Waals surface area contributed by atoms with Crippen molar-refractivity contribution in [2.24, 2.45) is 0 Å². The molecule has 0 N–H and O–H groups in total. The zero-order valence-corrected chi connectivity index (χ0v) is 19.1. The van der Waals surface area contributed by atoms with Crippen molar-refractivity contribution in [1.82, 2.24) is 9.29 Å². The van der Waals surface area contributed by atoms with E-state index in [-0.39, 0.29) is 10.3 Å². The highest BCUT2D eigenvalue weighted by Gasteiger charge is 2.38. The smallest absolute Gasteiger partial charge is 0.244 e. The molecule has 0 spiro atoms. The third-order valence-corrected chi connectivity index (χ3v) is 8.43. The summed E-state index contributed by atoms with van der Waals surface area (Å²) in [4.78, 5) is 4.53. The van der Waals surface area contributed by atoms with Gasteiger partial charge in [0.15, 0.2) is 5.89 Å². The van der Waals surface area contributed by atoms with Crippen LogP contribution in [0.25, 0.3) is 11.3 Å². The average Bonchev–Trinajstić information content (AvgIpc) is 3.37. The van der Waals surface area contributed by atoms with Crippen LogP contribution in [0.3, 0.4) is 0 Å². The molecule has 0 aliphatic carbocycles. The van der Waals surface area contributed by atoms with E-state index in [0.717, 1.165) is 21.4 Å². The van der Waals surface area contributed by atoms with Crippen LogP contribution in [0.1, 0.15) is 16.8 Å². The number of nitrogens with zero attached hydrogens (tertiary/aromatic N) is 2. The molecule has 3 aromatic rings. The second-order valence-electron chi connectivity index (χ2n) is 6.50. The van der Waals surface area contributed by atoms with Gasteiger partial charge in [-0.25, -0.2) is 13.4 Å². The van der Waals surface area contributed by atoms with Crippen LogP contribution in [0.2, 0.25) is 0 Å². The zero-order valence-electron chi connectivity index (χ0n) is 15.8. The van der Waals surface area contributed by atoms with E-state index in [0.29, 0.717) is 23.9 Å². The van der Waals surface area contributed by atoms with E-state index in [2.05, 4.69) is 20.9 Å². The Morgan fingerprint density at radius 2 is 2.00 bits per heavy atom. The molecule has 1 aliphatic heterocycles. The highest BCUT2D eigenvalue weighted by Crippen LogP contribution is 2.45. The third-order valence-electron chi connectivity index (χ3n) is 4.68. The molecule has 1 atom stereocenters. The van der Waals surface area contributed by atoms with Gasteiger partial charge in [-0.1, -0.05) is 28.1 Å². The first kappa shape index (κ1) is 20.5. The largest absolute Gasteiger partial charge is 0.496 e. The molecule has 2 heterocycles. The van der Waals surface area contributed by atoms with E-state index in [1.54, 1.807) is 56.3 Å². The molecular weight excluding hydrogens is 476 g/mol. The van der Waals surface area contributed by atoms with Gasteiger partial charge in [0.25, 0.3) is 0 Å². The van der Waals surface area contributed by atoms with Crippen molar-refractivity contribution in [2.45, 2.75) is 17.2 Å². The normalized spacial score (nSPS) is 17.6. The highest BCUT2D eigenvalue weighted by atomic mass is 79.9. The van der Waals surface area contributed by atoms with E-state index < -0.39 is 10.0 Å². The molecule has 1 fully saturated rings. The number of ether oxygens (including phenoxy) is 1. The van der Waals surface area contributed by atoms with E-state index in [9.17, 15) is 8.42 Å². The summed E-state index contributed by atoms with van der Waals surface area (Å²) in [6, 6.07) is 12.4. The molecule has 0 radical (unpaired) electrons.